The maximum absolute atomic E-state index is 12.3. The Morgan fingerprint density at radius 2 is 2.14 bits per heavy atom. The van der Waals surface area contributed by atoms with Gasteiger partial charge >= 0.3 is 0 Å². The van der Waals surface area contributed by atoms with Crippen LogP contribution in [0.1, 0.15) is 36.5 Å². The number of hydrogen-bond donors (Lipinski definition) is 0. The second-order valence-electron chi connectivity index (χ2n) is 5.17. The molecule has 0 saturated heterocycles. The molecule has 1 aliphatic rings. The third-order valence-corrected chi connectivity index (χ3v) is 4.93. The topological polar surface area (TPSA) is 43.4 Å². The standard InChI is InChI=1S/C16H15ClO3S/c1-2-20-13-8-21-14-6-5-10(16(17)15(13)14)12(19)7-11(18)9-3-4-9/h5-6,8-9H,2-4,7H2,1H3. The number of carbonyl (C=O) groups is 2. The monoisotopic (exact) mass is 322 g/mol. The molecule has 1 saturated carbocycles. The van der Waals surface area contributed by atoms with Crippen LogP contribution in [0.15, 0.2) is 17.5 Å². The van der Waals surface area contributed by atoms with Crippen molar-refractivity contribution in [3.05, 3.63) is 28.1 Å². The van der Waals surface area contributed by atoms with Crippen molar-refractivity contribution in [2.75, 3.05) is 6.61 Å². The fourth-order valence-corrected chi connectivity index (χ4v) is 3.65. The Bertz CT molecular complexity index is 716. The van der Waals surface area contributed by atoms with Crippen LogP contribution in [-0.2, 0) is 4.79 Å². The molecule has 0 amide bonds. The Kier molecular flexibility index (Phi) is 4.00. The number of benzene rings is 1. The molecule has 1 fully saturated rings. The largest absolute Gasteiger partial charge is 0.492 e. The molecule has 21 heavy (non-hydrogen) atoms. The molecule has 1 aliphatic carbocycles. The maximum atomic E-state index is 12.3. The maximum Gasteiger partial charge on any atom is 0.171 e. The zero-order valence-corrected chi connectivity index (χ0v) is 13.2. The van der Waals surface area contributed by atoms with Gasteiger partial charge in [-0.3, -0.25) is 9.59 Å². The van der Waals surface area contributed by atoms with Gasteiger partial charge in [-0.05, 0) is 31.9 Å². The first-order valence-corrected chi connectivity index (χ1v) is 8.26. The van der Waals surface area contributed by atoms with Gasteiger partial charge in [0.25, 0.3) is 0 Å². The van der Waals surface area contributed by atoms with E-state index in [0.29, 0.717) is 22.9 Å². The van der Waals surface area contributed by atoms with Crippen LogP contribution in [-0.4, -0.2) is 18.2 Å². The third-order valence-electron chi connectivity index (χ3n) is 3.61. The highest BCUT2D eigenvalue weighted by molar-refractivity contribution is 7.17. The molecule has 0 aliphatic heterocycles. The van der Waals surface area contributed by atoms with Crippen LogP contribution >= 0.6 is 22.9 Å². The quantitative estimate of drug-likeness (QED) is 0.580. The summed E-state index contributed by atoms with van der Waals surface area (Å²) in [6, 6.07) is 3.57. The lowest BCUT2D eigenvalue weighted by molar-refractivity contribution is -0.119. The summed E-state index contributed by atoms with van der Waals surface area (Å²) in [5.74, 6) is 0.626. The molecular formula is C16H15ClO3S. The van der Waals surface area contributed by atoms with E-state index in [2.05, 4.69) is 0 Å². The fourth-order valence-electron chi connectivity index (χ4n) is 2.34. The van der Waals surface area contributed by atoms with Crippen molar-refractivity contribution in [3.63, 3.8) is 0 Å². The SMILES string of the molecule is CCOc1csc2ccc(C(=O)CC(=O)C3CC3)c(Cl)c12. The van der Waals surface area contributed by atoms with E-state index >= 15 is 0 Å². The van der Waals surface area contributed by atoms with E-state index in [1.165, 1.54) is 11.3 Å². The third kappa shape index (κ3) is 2.83. The van der Waals surface area contributed by atoms with Crippen LogP contribution < -0.4 is 4.74 Å². The molecule has 1 heterocycles. The second kappa shape index (κ2) is 5.78. The number of halogens is 1. The molecule has 0 spiro atoms. The van der Waals surface area contributed by atoms with Crippen LogP contribution in [0.25, 0.3) is 10.1 Å². The van der Waals surface area contributed by atoms with Crippen LogP contribution in [0.4, 0.5) is 0 Å². The molecule has 5 heteroatoms. The first-order valence-electron chi connectivity index (χ1n) is 7.00. The lowest BCUT2D eigenvalue weighted by atomic mass is 10.0. The molecule has 3 nitrogen and oxygen atoms in total. The highest BCUT2D eigenvalue weighted by Crippen LogP contribution is 2.40. The van der Waals surface area contributed by atoms with E-state index in [1.807, 2.05) is 18.4 Å². The van der Waals surface area contributed by atoms with Crippen molar-refractivity contribution in [2.45, 2.75) is 26.2 Å². The van der Waals surface area contributed by atoms with Gasteiger partial charge in [0.1, 0.15) is 11.5 Å². The number of ketones is 2. The second-order valence-corrected chi connectivity index (χ2v) is 6.46. The van der Waals surface area contributed by atoms with Crippen molar-refractivity contribution < 1.29 is 14.3 Å². The molecule has 1 aromatic heterocycles. The van der Waals surface area contributed by atoms with Gasteiger partial charge in [-0.25, -0.2) is 0 Å². The van der Waals surface area contributed by atoms with Gasteiger partial charge in [0.05, 0.1) is 23.4 Å². The van der Waals surface area contributed by atoms with Gasteiger partial charge in [0.15, 0.2) is 5.78 Å². The Balaban J connectivity index is 1.94. The predicted molar refractivity (Wildman–Crippen MR) is 84.7 cm³/mol. The molecule has 0 radical (unpaired) electrons. The molecular weight excluding hydrogens is 308 g/mol. The number of ether oxygens (including phenoxy) is 1. The van der Waals surface area contributed by atoms with Crippen LogP contribution in [0.3, 0.4) is 0 Å². The summed E-state index contributed by atoms with van der Waals surface area (Å²) >= 11 is 7.92. The molecule has 3 rings (SSSR count). The van der Waals surface area contributed by atoms with Crippen molar-refractivity contribution >= 4 is 44.6 Å². The van der Waals surface area contributed by atoms with Gasteiger partial charge in [0, 0.05) is 21.6 Å². The van der Waals surface area contributed by atoms with E-state index in [9.17, 15) is 9.59 Å². The summed E-state index contributed by atoms with van der Waals surface area (Å²) in [6.45, 7) is 2.45. The smallest absolute Gasteiger partial charge is 0.171 e. The zero-order valence-electron chi connectivity index (χ0n) is 11.6. The highest BCUT2D eigenvalue weighted by Gasteiger charge is 2.31. The Morgan fingerprint density at radius 3 is 2.81 bits per heavy atom. The van der Waals surface area contributed by atoms with Crippen LogP contribution in [0.2, 0.25) is 5.02 Å². The summed E-state index contributed by atoms with van der Waals surface area (Å²) < 4.78 is 6.53. The zero-order chi connectivity index (χ0) is 15.0. The molecule has 0 atom stereocenters. The minimum Gasteiger partial charge on any atom is -0.492 e. The minimum atomic E-state index is -0.201. The average Bonchev–Trinajstić information content (AvgIpc) is 3.22. The summed E-state index contributed by atoms with van der Waals surface area (Å²) in [6.07, 6.45) is 1.78. The summed E-state index contributed by atoms with van der Waals surface area (Å²) in [4.78, 5) is 24.1. The number of Topliss-reactive ketones (excluding diaryl/α,β-unsaturated/α-hetero) is 2. The highest BCUT2D eigenvalue weighted by atomic mass is 35.5. The number of fused-ring (bicyclic) bond motifs is 1. The molecule has 1 aromatic carbocycles. The van der Waals surface area contributed by atoms with Crippen molar-refractivity contribution in [3.8, 4) is 5.75 Å². The van der Waals surface area contributed by atoms with Crippen molar-refractivity contribution in [1.82, 2.24) is 0 Å². The van der Waals surface area contributed by atoms with E-state index in [-0.39, 0.29) is 23.9 Å². The van der Waals surface area contributed by atoms with Crippen LogP contribution in [0.5, 0.6) is 5.75 Å². The number of hydrogen-bond acceptors (Lipinski definition) is 4. The molecule has 0 unspecified atom stereocenters. The number of thiophene rings is 1. The Morgan fingerprint density at radius 1 is 1.38 bits per heavy atom. The molecule has 0 N–H and O–H groups in total. The Labute approximate surface area is 131 Å². The van der Waals surface area contributed by atoms with Gasteiger partial charge < -0.3 is 4.74 Å². The van der Waals surface area contributed by atoms with E-state index in [1.54, 1.807) is 6.07 Å². The van der Waals surface area contributed by atoms with E-state index in [4.69, 9.17) is 16.3 Å². The lowest BCUT2D eigenvalue weighted by Gasteiger charge is -2.07. The summed E-state index contributed by atoms with van der Waals surface area (Å²) in [5, 5.41) is 3.06. The normalized spacial score (nSPS) is 14.4. The Hall–Kier alpha value is -1.39. The van der Waals surface area contributed by atoms with Crippen molar-refractivity contribution in [2.24, 2.45) is 5.92 Å². The number of rotatable bonds is 6. The molecule has 110 valence electrons. The minimum absolute atomic E-state index is 0.0338. The summed E-state index contributed by atoms with van der Waals surface area (Å²) in [7, 11) is 0. The van der Waals surface area contributed by atoms with Gasteiger partial charge in [0.2, 0.25) is 0 Å². The first kappa shape index (κ1) is 14.5. The van der Waals surface area contributed by atoms with Crippen molar-refractivity contribution in [1.29, 1.82) is 0 Å². The molecule has 2 aromatic rings. The lowest BCUT2D eigenvalue weighted by Crippen LogP contribution is -2.10. The molecule has 0 bridgehead atoms. The van der Waals surface area contributed by atoms with Gasteiger partial charge in [-0.15, -0.1) is 11.3 Å². The van der Waals surface area contributed by atoms with Gasteiger partial charge in [-0.2, -0.15) is 0 Å². The predicted octanol–water partition coefficient (Wildman–Crippen LogP) is 4.51. The first-order chi connectivity index (χ1) is 10.1. The number of carbonyl (C=O) groups excluding carboxylic acids is 2. The van der Waals surface area contributed by atoms with Gasteiger partial charge in [-0.1, -0.05) is 11.6 Å². The average molecular weight is 323 g/mol. The van der Waals surface area contributed by atoms with E-state index in [0.717, 1.165) is 22.9 Å². The fraction of sp³-hybridized carbons (Fsp3) is 0.375. The summed E-state index contributed by atoms with van der Waals surface area (Å²) in [5.41, 5.74) is 0.414. The van der Waals surface area contributed by atoms with E-state index < -0.39 is 0 Å². The van der Waals surface area contributed by atoms with Crippen LogP contribution in [0, 0.1) is 5.92 Å².